The molecule has 0 aliphatic heterocycles. The maximum atomic E-state index is 11.5. The van der Waals surface area contributed by atoms with Crippen LogP contribution in [0.15, 0.2) is 48.9 Å². The molecule has 162 valence electrons. The zero-order valence-corrected chi connectivity index (χ0v) is 17.9. The Morgan fingerprint density at radius 1 is 1.03 bits per heavy atom. The molecule has 0 spiro atoms. The number of urea groups is 1. The number of carbonyl (C=O) groups excluding carboxylic acids is 1. The van der Waals surface area contributed by atoms with Crippen LogP contribution in [0.4, 0.5) is 10.5 Å². The zero-order chi connectivity index (χ0) is 21.4. The predicted molar refractivity (Wildman–Crippen MR) is 121 cm³/mol. The number of nitrogens with one attached hydrogen (secondary N) is 2. The number of imidazole rings is 1. The molecule has 2 amide bonds. The van der Waals surface area contributed by atoms with Gasteiger partial charge in [-0.05, 0) is 85.6 Å². The molecule has 2 fully saturated rings. The second-order valence-electron chi connectivity index (χ2n) is 9.02. The number of hydrogen-bond donors (Lipinski definition) is 3. The van der Waals surface area contributed by atoms with E-state index >= 15 is 0 Å². The fraction of sp³-hybridized carbons (Fsp3) is 0.440. The Morgan fingerprint density at radius 2 is 1.74 bits per heavy atom. The molecular weight excluding hydrogens is 388 g/mol. The van der Waals surface area contributed by atoms with Crippen LogP contribution in [0.25, 0.3) is 5.52 Å². The minimum atomic E-state index is -0.450. The van der Waals surface area contributed by atoms with Crippen LogP contribution in [0.5, 0.6) is 0 Å². The molecule has 2 heterocycles. The number of pyridine rings is 1. The first-order valence-corrected chi connectivity index (χ1v) is 11.4. The average molecular weight is 419 g/mol. The molecule has 0 radical (unpaired) electrons. The lowest BCUT2D eigenvalue weighted by Gasteiger charge is -2.33. The molecule has 2 aliphatic carbocycles. The van der Waals surface area contributed by atoms with E-state index in [-0.39, 0.29) is 11.9 Å². The van der Waals surface area contributed by atoms with Crippen LogP contribution < -0.4 is 10.6 Å². The van der Waals surface area contributed by atoms with E-state index in [0.29, 0.717) is 11.8 Å². The van der Waals surface area contributed by atoms with Crippen LogP contribution >= 0.6 is 0 Å². The standard InChI is InChI=1S/C25H30N4O2/c1-26-25(31)28-20-10-8-17(9-11-20)16-2-6-19(7-3-16)24(30)23-22(18-4-5-18)13-12-21-14-27-15-29(21)23/h8-16,18-19,24,30H,2-7H2,1H3,(H2,26,28,31)/t16?,19?,24-/m0/s1. The Bertz CT molecular complexity index is 1060. The van der Waals surface area contributed by atoms with Gasteiger partial charge in [0.05, 0.1) is 29.8 Å². The summed E-state index contributed by atoms with van der Waals surface area (Å²) in [6.07, 6.45) is 9.87. The van der Waals surface area contributed by atoms with E-state index in [2.05, 4.69) is 44.3 Å². The summed E-state index contributed by atoms with van der Waals surface area (Å²) in [6, 6.07) is 12.3. The van der Waals surface area contributed by atoms with E-state index in [9.17, 15) is 9.90 Å². The van der Waals surface area contributed by atoms with Crippen LogP contribution in [-0.4, -0.2) is 27.6 Å². The molecule has 6 nitrogen and oxygen atoms in total. The van der Waals surface area contributed by atoms with Crippen molar-refractivity contribution in [3.05, 3.63) is 65.7 Å². The maximum absolute atomic E-state index is 11.5. The van der Waals surface area contributed by atoms with Gasteiger partial charge in [0.2, 0.25) is 0 Å². The van der Waals surface area contributed by atoms with Crippen molar-refractivity contribution in [2.75, 3.05) is 12.4 Å². The second-order valence-corrected chi connectivity index (χ2v) is 9.02. The number of nitrogens with zero attached hydrogens (tertiary/aromatic N) is 2. The monoisotopic (exact) mass is 418 g/mol. The minimum Gasteiger partial charge on any atom is -0.387 e. The highest BCUT2D eigenvalue weighted by Crippen LogP contribution is 2.47. The first kappa shape index (κ1) is 20.1. The minimum absolute atomic E-state index is 0.208. The van der Waals surface area contributed by atoms with Crippen LogP contribution in [-0.2, 0) is 0 Å². The highest BCUT2D eigenvalue weighted by Gasteiger charge is 2.34. The van der Waals surface area contributed by atoms with Crippen molar-refractivity contribution in [1.82, 2.24) is 14.7 Å². The molecule has 0 saturated heterocycles. The van der Waals surface area contributed by atoms with Gasteiger partial charge < -0.3 is 20.1 Å². The molecule has 2 saturated carbocycles. The highest BCUT2D eigenvalue weighted by atomic mass is 16.3. The summed E-state index contributed by atoms with van der Waals surface area (Å²) >= 11 is 0. The number of aliphatic hydroxyl groups excluding tert-OH is 1. The van der Waals surface area contributed by atoms with Crippen molar-refractivity contribution < 1.29 is 9.90 Å². The smallest absolute Gasteiger partial charge is 0.318 e. The van der Waals surface area contributed by atoms with Gasteiger partial charge in [0.1, 0.15) is 0 Å². The lowest BCUT2D eigenvalue weighted by Crippen LogP contribution is -2.24. The fourth-order valence-corrected chi connectivity index (χ4v) is 5.11. The predicted octanol–water partition coefficient (Wildman–Crippen LogP) is 4.97. The number of rotatable bonds is 5. The number of aromatic nitrogens is 2. The quantitative estimate of drug-likeness (QED) is 0.547. The number of fused-ring (bicyclic) bond motifs is 1. The van der Waals surface area contributed by atoms with Crippen LogP contribution in [0.2, 0.25) is 0 Å². The van der Waals surface area contributed by atoms with Gasteiger partial charge in [0.25, 0.3) is 0 Å². The topological polar surface area (TPSA) is 78.7 Å². The Kier molecular flexibility index (Phi) is 5.40. The van der Waals surface area contributed by atoms with Gasteiger partial charge in [0, 0.05) is 12.7 Å². The molecule has 0 bridgehead atoms. The van der Waals surface area contributed by atoms with E-state index in [0.717, 1.165) is 42.6 Å². The van der Waals surface area contributed by atoms with Gasteiger partial charge in [-0.3, -0.25) is 0 Å². The van der Waals surface area contributed by atoms with Gasteiger partial charge in [-0.25, -0.2) is 9.78 Å². The summed E-state index contributed by atoms with van der Waals surface area (Å²) < 4.78 is 2.10. The normalized spacial score (nSPS) is 22.3. The summed E-state index contributed by atoms with van der Waals surface area (Å²) in [5.41, 5.74) is 5.53. The van der Waals surface area contributed by atoms with Gasteiger partial charge in [-0.15, -0.1) is 0 Å². The number of amides is 2. The van der Waals surface area contributed by atoms with Gasteiger partial charge in [-0.1, -0.05) is 18.2 Å². The first-order chi connectivity index (χ1) is 15.1. The number of carbonyl (C=O) groups is 1. The summed E-state index contributed by atoms with van der Waals surface area (Å²) in [5, 5.41) is 16.8. The number of benzene rings is 1. The van der Waals surface area contributed by atoms with Crippen LogP contribution in [0.3, 0.4) is 0 Å². The molecule has 2 aromatic heterocycles. The van der Waals surface area contributed by atoms with E-state index in [1.54, 1.807) is 7.05 Å². The summed E-state index contributed by atoms with van der Waals surface area (Å²) in [6.45, 7) is 0. The molecule has 3 aromatic rings. The molecule has 0 unspecified atom stereocenters. The molecule has 2 aliphatic rings. The van der Waals surface area contributed by atoms with Crippen LogP contribution in [0, 0.1) is 5.92 Å². The Balaban J connectivity index is 1.28. The summed E-state index contributed by atoms with van der Waals surface area (Å²) in [7, 11) is 1.61. The van der Waals surface area contributed by atoms with Gasteiger partial charge in [-0.2, -0.15) is 0 Å². The second kappa shape index (κ2) is 8.35. The van der Waals surface area contributed by atoms with Crippen molar-refractivity contribution in [2.24, 2.45) is 5.92 Å². The zero-order valence-electron chi connectivity index (χ0n) is 17.9. The van der Waals surface area contributed by atoms with E-state index < -0.39 is 6.10 Å². The maximum Gasteiger partial charge on any atom is 0.318 e. The van der Waals surface area contributed by atoms with E-state index in [4.69, 9.17) is 0 Å². The molecule has 3 N–H and O–H groups in total. The van der Waals surface area contributed by atoms with Gasteiger partial charge >= 0.3 is 6.03 Å². The third-order valence-corrected chi connectivity index (χ3v) is 7.04. The number of anilines is 1. The number of hydrogen-bond acceptors (Lipinski definition) is 3. The molecular formula is C25H30N4O2. The summed E-state index contributed by atoms with van der Waals surface area (Å²) in [4.78, 5) is 15.8. The van der Waals surface area contributed by atoms with E-state index in [1.807, 2.05) is 24.7 Å². The largest absolute Gasteiger partial charge is 0.387 e. The van der Waals surface area contributed by atoms with Crippen molar-refractivity contribution >= 4 is 17.2 Å². The Morgan fingerprint density at radius 3 is 2.42 bits per heavy atom. The molecule has 1 atom stereocenters. The van der Waals surface area contributed by atoms with Crippen LogP contribution in [0.1, 0.15) is 73.3 Å². The molecule has 5 rings (SSSR count). The molecule has 1 aromatic carbocycles. The Hall–Kier alpha value is -2.86. The molecule has 6 heteroatoms. The van der Waals surface area contributed by atoms with Crippen molar-refractivity contribution in [2.45, 2.75) is 56.5 Å². The lowest BCUT2D eigenvalue weighted by atomic mass is 9.75. The third kappa shape index (κ3) is 4.04. The first-order valence-electron chi connectivity index (χ1n) is 11.4. The third-order valence-electron chi connectivity index (χ3n) is 7.04. The SMILES string of the molecule is CNC(=O)Nc1ccc(C2CCC([C@H](O)c3c(C4CC4)ccc4cncn34)CC2)cc1. The Labute approximate surface area is 182 Å². The van der Waals surface area contributed by atoms with Crippen molar-refractivity contribution in [1.29, 1.82) is 0 Å². The number of aliphatic hydroxyl groups is 1. The van der Waals surface area contributed by atoms with E-state index in [1.165, 1.54) is 24.0 Å². The highest BCUT2D eigenvalue weighted by molar-refractivity contribution is 5.88. The van der Waals surface area contributed by atoms with Gasteiger partial charge in [0.15, 0.2) is 0 Å². The van der Waals surface area contributed by atoms with Crippen molar-refractivity contribution in [3.8, 4) is 0 Å². The molecule has 31 heavy (non-hydrogen) atoms. The van der Waals surface area contributed by atoms with Crippen molar-refractivity contribution in [3.63, 3.8) is 0 Å². The lowest BCUT2D eigenvalue weighted by molar-refractivity contribution is 0.0754. The average Bonchev–Trinajstić information content (AvgIpc) is 3.55. The fourth-order valence-electron chi connectivity index (χ4n) is 5.11. The summed E-state index contributed by atoms with van der Waals surface area (Å²) in [5.74, 6) is 1.37.